The molecule has 0 N–H and O–H groups in total. The normalized spacial score (nSPS) is 17.0. The first-order valence-electron chi connectivity index (χ1n) is 8.43. The summed E-state index contributed by atoms with van der Waals surface area (Å²) in [5.74, 6) is 0. The van der Waals surface area contributed by atoms with Crippen LogP contribution in [0, 0.1) is 5.41 Å². The van der Waals surface area contributed by atoms with Crippen LogP contribution < -0.4 is 0 Å². The predicted molar refractivity (Wildman–Crippen MR) is 96.2 cm³/mol. The molecular formula is C18H26O2S2. The summed E-state index contributed by atoms with van der Waals surface area (Å²) >= 11 is 3.82. The van der Waals surface area contributed by atoms with Crippen LogP contribution >= 0.6 is 22.7 Å². The van der Waals surface area contributed by atoms with Crippen LogP contribution in [-0.2, 0) is 15.9 Å². The Bertz CT molecular complexity index is 534. The fourth-order valence-corrected chi connectivity index (χ4v) is 5.04. The van der Waals surface area contributed by atoms with E-state index in [1.165, 1.54) is 47.9 Å². The van der Waals surface area contributed by atoms with Gasteiger partial charge >= 0.3 is 0 Å². The molecule has 0 amide bonds. The molecule has 2 nitrogen and oxygen atoms in total. The molecule has 0 spiro atoms. The molecule has 0 atom stereocenters. The molecule has 0 unspecified atom stereocenters. The molecule has 0 saturated carbocycles. The van der Waals surface area contributed by atoms with Gasteiger partial charge in [0.15, 0.2) is 0 Å². The second-order valence-electron chi connectivity index (χ2n) is 6.42. The van der Waals surface area contributed by atoms with E-state index < -0.39 is 0 Å². The number of ether oxygens (including phenoxy) is 2. The van der Waals surface area contributed by atoms with Crippen molar-refractivity contribution in [2.45, 2.75) is 45.4 Å². The van der Waals surface area contributed by atoms with Crippen LogP contribution in [0.25, 0.3) is 9.40 Å². The van der Waals surface area contributed by atoms with E-state index in [-0.39, 0.29) is 0 Å². The van der Waals surface area contributed by atoms with Crippen molar-refractivity contribution >= 4 is 32.1 Å². The van der Waals surface area contributed by atoms with Crippen LogP contribution in [0.1, 0.15) is 43.9 Å². The van der Waals surface area contributed by atoms with Gasteiger partial charge in [0.05, 0.1) is 19.8 Å². The van der Waals surface area contributed by atoms with Gasteiger partial charge in [-0.2, -0.15) is 0 Å². The number of fused-ring (bicyclic) bond motifs is 1. The standard InChI is InChI=1S/C18H26O2S2/c1-2-18(13-20-14-18)12-19-9-6-4-3-5-7-15-11-17-16(22-15)8-10-21-17/h8,10-11H,2-7,9,12-14H2,1H3. The Morgan fingerprint density at radius 2 is 2.05 bits per heavy atom. The molecule has 1 fully saturated rings. The van der Waals surface area contributed by atoms with Crippen molar-refractivity contribution in [1.82, 2.24) is 0 Å². The highest BCUT2D eigenvalue weighted by Gasteiger charge is 2.36. The lowest BCUT2D eigenvalue weighted by molar-refractivity contribution is -0.150. The van der Waals surface area contributed by atoms with E-state index >= 15 is 0 Å². The zero-order valence-electron chi connectivity index (χ0n) is 13.4. The van der Waals surface area contributed by atoms with Crippen LogP contribution in [0.5, 0.6) is 0 Å². The Balaban J connectivity index is 1.21. The Morgan fingerprint density at radius 3 is 2.77 bits per heavy atom. The maximum atomic E-state index is 5.85. The summed E-state index contributed by atoms with van der Waals surface area (Å²) in [4.78, 5) is 1.55. The lowest BCUT2D eigenvalue weighted by Crippen LogP contribution is -2.45. The van der Waals surface area contributed by atoms with Crippen molar-refractivity contribution in [3.8, 4) is 0 Å². The summed E-state index contributed by atoms with van der Waals surface area (Å²) in [7, 11) is 0. The quantitative estimate of drug-likeness (QED) is 0.532. The molecule has 1 aliphatic rings. The number of hydrogen-bond donors (Lipinski definition) is 0. The summed E-state index contributed by atoms with van der Waals surface area (Å²) in [6.07, 6.45) is 7.52. The van der Waals surface area contributed by atoms with Gasteiger partial charge in [0, 0.05) is 26.3 Å². The maximum Gasteiger partial charge on any atom is 0.0566 e. The van der Waals surface area contributed by atoms with Crippen molar-refractivity contribution in [1.29, 1.82) is 0 Å². The van der Waals surface area contributed by atoms with Gasteiger partial charge in [0.2, 0.25) is 0 Å². The lowest BCUT2D eigenvalue weighted by Gasteiger charge is -2.40. The van der Waals surface area contributed by atoms with Crippen molar-refractivity contribution in [3.63, 3.8) is 0 Å². The van der Waals surface area contributed by atoms with Crippen molar-refractivity contribution in [3.05, 3.63) is 22.4 Å². The molecule has 122 valence electrons. The molecule has 3 heterocycles. The molecule has 2 aromatic heterocycles. The summed E-state index contributed by atoms with van der Waals surface area (Å²) in [6, 6.07) is 4.61. The molecular weight excluding hydrogens is 312 g/mol. The number of hydrogen-bond acceptors (Lipinski definition) is 4. The van der Waals surface area contributed by atoms with Gasteiger partial charge in [0.25, 0.3) is 0 Å². The SMILES string of the molecule is CCC1(COCCCCCCc2cc3sccc3s2)COC1. The molecule has 0 aromatic carbocycles. The number of rotatable bonds is 10. The molecule has 0 aliphatic carbocycles. The summed E-state index contributed by atoms with van der Waals surface area (Å²) in [5, 5.41) is 2.18. The first kappa shape index (κ1) is 16.4. The Labute approximate surface area is 141 Å². The van der Waals surface area contributed by atoms with Crippen LogP contribution in [0.15, 0.2) is 17.5 Å². The van der Waals surface area contributed by atoms with Crippen LogP contribution in [0.4, 0.5) is 0 Å². The Kier molecular flexibility index (Phi) is 5.91. The molecule has 0 bridgehead atoms. The van der Waals surface area contributed by atoms with Crippen LogP contribution in [-0.4, -0.2) is 26.4 Å². The highest BCUT2D eigenvalue weighted by molar-refractivity contribution is 7.26. The van der Waals surface area contributed by atoms with Crippen molar-refractivity contribution in [2.75, 3.05) is 26.4 Å². The highest BCUT2D eigenvalue weighted by atomic mass is 32.1. The van der Waals surface area contributed by atoms with Gasteiger partial charge < -0.3 is 9.47 Å². The van der Waals surface area contributed by atoms with E-state index in [2.05, 4.69) is 24.4 Å². The number of aryl methyl sites for hydroxylation is 1. The average Bonchev–Trinajstić information content (AvgIpc) is 3.05. The maximum absolute atomic E-state index is 5.85. The first-order chi connectivity index (χ1) is 10.8. The minimum Gasteiger partial charge on any atom is -0.381 e. The zero-order chi connectivity index (χ0) is 15.3. The molecule has 22 heavy (non-hydrogen) atoms. The predicted octanol–water partition coefficient (Wildman–Crippen LogP) is 5.51. The highest BCUT2D eigenvalue weighted by Crippen LogP contribution is 2.32. The van der Waals surface area contributed by atoms with Gasteiger partial charge in [-0.15, -0.1) is 22.7 Å². The second-order valence-corrected chi connectivity index (χ2v) is 8.54. The van der Waals surface area contributed by atoms with Gasteiger partial charge in [-0.1, -0.05) is 19.8 Å². The fraction of sp³-hybridized carbons (Fsp3) is 0.667. The first-order valence-corrected chi connectivity index (χ1v) is 10.1. The minimum absolute atomic E-state index is 0.339. The zero-order valence-corrected chi connectivity index (χ0v) is 15.1. The average molecular weight is 339 g/mol. The van der Waals surface area contributed by atoms with Gasteiger partial charge in [0.1, 0.15) is 0 Å². The number of thiophene rings is 2. The molecule has 1 aliphatic heterocycles. The van der Waals surface area contributed by atoms with E-state index in [9.17, 15) is 0 Å². The lowest BCUT2D eigenvalue weighted by atomic mass is 9.84. The third-order valence-electron chi connectivity index (χ3n) is 4.63. The third-order valence-corrected chi connectivity index (χ3v) is 6.78. The summed E-state index contributed by atoms with van der Waals surface area (Å²) in [6.45, 7) is 5.82. The van der Waals surface area contributed by atoms with E-state index in [1.54, 1.807) is 4.88 Å². The molecule has 4 heteroatoms. The van der Waals surface area contributed by atoms with Gasteiger partial charge in [-0.3, -0.25) is 0 Å². The fourth-order valence-electron chi connectivity index (χ4n) is 2.86. The molecule has 3 rings (SSSR count). The van der Waals surface area contributed by atoms with Crippen molar-refractivity contribution in [2.24, 2.45) is 5.41 Å². The van der Waals surface area contributed by atoms with Gasteiger partial charge in [-0.05, 0) is 43.2 Å². The second kappa shape index (κ2) is 7.91. The topological polar surface area (TPSA) is 18.5 Å². The van der Waals surface area contributed by atoms with E-state index in [1.807, 2.05) is 22.7 Å². The Morgan fingerprint density at radius 1 is 1.18 bits per heavy atom. The largest absolute Gasteiger partial charge is 0.381 e. The number of unbranched alkanes of at least 4 members (excludes halogenated alkanes) is 3. The van der Waals surface area contributed by atoms with Crippen LogP contribution in [0.3, 0.4) is 0 Å². The van der Waals surface area contributed by atoms with Crippen molar-refractivity contribution < 1.29 is 9.47 Å². The molecule has 0 radical (unpaired) electrons. The van der Waals surface area contributed by atoms with Crippen LogP contribution in [0.2, 0.25) is 0 Å². The van der Waals surface area contributed by atoms with E-state index in [0.29, 0.717) is 5.41 Å². The smallest absolute Gasteiger partial charge is 0.0566 e. The van der Waals surface area contributed by atoms with Gasteiger partial charge in [-0.25, -0.2) is 0 Å². The van der Waals surface area contributed by atoms with E-state index in [0.717, 1.165) is 26.4 Å². The molecule has 2 aromatic rings. The Hall–Kier alpha value is -0.420. The van der Waals surface area contributed by atoms with E-state index in [4.69, 9.17) is 9.47 Å². The molecule has 1 saturated heterocycles. The summed E-state index contributed by atoms with van der Waals surface area (Å²) < 4.78 is 14.1. The monoisotopic (exact) mass is 338 g/mol. The third kappa shape index (κ3) is 4.10. The summed E-state index contributed by atoms with van der Waals surface area (Å²) in [5.41, 5.74) is 0.339. The minimum atomic E-state index is 0.339.